The van der Waals surface area contributed by atoms with Crippen LogP contribution in [-0.2, 0) is 4.74 Å². The van der Waals surface area contributed by atoms with E-state index in [9.17, 15) is 0 Å². The van der Waals surface area contributed by atoms with Crippen LogP contribution in [0.15, 0.2) is 0 Å². The number of aromatic nitrogens is 3. The van der Waals surface area contributed by atoms with Crippen LogP contribution in [0.2, 0.25) is 0 Å². The van der Waals surface area contributed by atoms with Crippen molar-refractivity contribution in [1.29, 1.82) is 0 Å². The third-order valence-electron chi connectivity index (χ3n) is 4.68. The molecule has 2 fully saturated rings. The Labute approximate surface area is 125 Å². The van der Waals surface area contributed by atoms with E-state index in [1.807, 2.05) is 0 Å². The Morgan fingerprint density at radius 3 is 2.60 bits per heavy atom. The van der Waals surface area contributed by atoms with Crippen LogP contribution < -0.4 is 4.90 Å². The van der Waals surface area contributed by atoms with Gasteiger partial charge in [0, 0.05) is 32.3 Å². The van der Waals surface area contributed by atoms with Gasteiger partial charge in [-0.15, -0.1) is 5.10 Å². The van der Waals surface area contributed by atoms with Gasteiger partial charge in [-0.25, -0.2) is 5.10 Å². The normalized spacial score (nSPS) is 22.1. The fraction of sp³-hybridized carbons (Fsp3) is 0.857. The standard InChI is InChI=1S/C14H24N4OS/c1-17(11-7-9-19-10-8-11)13-15-16-14(20)18(13)12-5-3-2-4-6-12/h11-12H,2-10H2,1H3,(H,16,20). The lowest BCUT2D eigenvalue weighted by Gasteiger charge is -2.33. The van der Waals surface area contributed by atoms with Gasteiger partial charge in [0.25, 0.3) is 0 Å². The van der Waals surface area contributed by atoms with Gasteiger partial charge in [0.1, 0.15) is 0 Å². The first-order valence-electron chi connectivity index (χ1n) is 7.75. The van der Waals surface area contributed by atoms with Gasteiger partial charge in [-0.2, -0.15) is 0 Å². The molecule has 1 saturated heterocycles. The first kappa shape index (κ1) is 14.1. The van der Waals surface area contributed by atoms with Gasteiger partial charge in [0.15, 0.2) is 4.77 Å². The maximum absolute atomic E-state index is 5.47. The van der Waals surface area contributed by atoms with Crippen LogP contribution in [-0.4, -0.2) is 41.1 Å². The lowest BCUT2D eigenvalue weighted by molar-refractivity contribution is 0.0850. The van der Waals surface area contributed by atoms with Crippen molar-refractivity contribution in [2.24, 2.45) is 0 Å². The van der Waals surface area contributed by atoms with Crippen LogP contribution in [0.1, 0.15) is 51.0 Å². The number of hydrogen-bond donors (Lipinski definition) is 1. The van der Waals surface area contributed by atoms with Crippen molar-refractivity contribution in [3.63, 3.8) is 0 Å². The van der Waals surface area contributed by atoms with Crippen molar-refractivity contribution in [2.75, 3.05) is 25.2 Å². The number of nitrogens with one attached hydrogen (secondary N) is 1. The van der Waals surface area contributed by atoms with E-state index in [1.54, 1.807) is 0 Å². The molecular formula is C14H24N4OS. The number of nitrogens with zero attached hydrogens (tertiary/aromatic N) is 3. The number of rotatable bonds is 3. The average Bonchev–Trinajstić information content (AvgIpc) is 2.90. The molecule has 1 N–H and O–H groups in total. The number of hydrogen-bond acceptors (Lipinski definition) is 4. The number of aromatic amines is 1. The molecule has 1 saturated carbocycles. The molecule has 0 radical (unpaired) electrons. The Kier molecular flexibility index (Phi) is 4.41. The molecule has 2 aliphatic rings. The molecule has 1 aromatic rings. The zero-order valence-electron chi connectivity index (χ0n) is 12.2. The molecule has 6 heteroatoms. The van der Waals surface area contributed by atoms with Crippen LogP contribution in [0.25, 0.3) is 0 Å². The van der Waals surface area contributed by atoms with Gasteiger partial charge in [-0.05, 0) is 37.9 Å². The minimum Gasteiger partial charge on any atom is -0.381 e. The van der Waals surface area contributed by atoms with Crippen LogP contribution in [0.4, 0.5) is 5.95 Å². The highest BCUT2D eigenvalue weighted by atomic mass is 32.1. The quantitative estimate of drug-likeness (QED) is 0.871. The molecule has 0 aromatic carbocycles. The maximum Gasteiger partial charge on any atom is 0.225 e. The second-order valence-corrected chi connectivity index (χ2v) is 6.33. The molecule has 0 amide bonds. The minimum atomic E-state index is 0.510. The minimum absolute atomic E-state index is 0.510. The topological polar surface area (TPSA) is 46.1 Å². The lowest BCUT2D eigenvalue weighted by Crippen LogP contribution is -2.38. The van der Waals surface area contributed by atoms with Crippen molar-refractivity contribution < 1.29 is 4.74 Å². The first-order chi connectivity index (χ1) is 9.77. The summed E-state index contributed by atoms with van der Waals surface area (Å²) in [5, 5.41) is 7.49. The molecule has 3 rings (SSSR count). The van der Waals surface area contributed by atoms with Gasteiger partial charge < -0.3 is 9.64 Å². The molecule has 2 heterocycles. The van der Waals surface area contributed by atoms with Gasteiger partial charge in [-0.3, -0.25) is 4.57 Å². The van der Waals surface area contributed by atoms with E-state index >= 15 is 0 Å². The van der Waals surface area contributed by atoms with Crippen molar-refractivity contribution in [3.8, 4) is 0 Å². The van der Waals surface area contributed by atoms with Crippen LogP contribution in [0, 0.1) is 4.77 Å². The zero-order valence-corrected chi connectivity index (χ0v) is 13.0. The number of ether oxygens (including phenoxy) is 1. The van der Waals surface area contributed by atoms with E-state index in [0.717, 1.165) is 36.8 Å². The summed E-state index contributed by atoms with van der Waals surface area (Å²) in [7, 11) is 2.14. The van der Waals surface area contributed by atoms with Gasteiger partial charge in [0.05, 0.1) is 0 Å². The smallest absolute Gasteiger partial charge is 0.225 e. The Bertz CT molecular complexity index is 486. The highest BCUT2D eigenvalue weighted by Crippen LogP contribution is 2.32. The summed E-state index contributed by atoms with van der Waals surface area (Å²) < 4.78 is 8.48. The molecule has 1 aliphatic heterocycles. The predicted molar refractivity (Wildman–Crippen MR) is 81.8 cm³/mol. The molecule has 5 nitrogen and oxygen atoms in total. The summed E-state index contributed by atoms with van der Waals surface area (Å²) >= 11 is 5.47. The largest absolute Gasteiger partial charge is 0.381 e. The molecule has 1 aromatic heterocycles. The maximum atomic E-state index is 5.47. The monoisotopic (exact) mass is 296 g/mol. The molecule has 0 bridgehead atoms. The van der Waals surface area contributed by atoms with E-state index < -0.39 is 0 Å². The SMILES string of the molecule is CN(c1n[nH]c(=S)n1C1CCCCC1)C1CCOCC1. The molecule has 0 unspecified atom stereocenters. The fourth-order valence-corrected chi connectivity index (χ4v) is 3.73. The van der Waals surface area contributed by atoms with Crippen molar-refractivity contribution in [3.05, 3.63) is 4.77 Å². The Hall–Kier alpha value is -0.880. The average molecular weight is 296 g/mol. The highest BCUT2D eigenvalue weighted by Gasteiger charge is 2.26. The van der Waals surface area contributed by atoms with Crippen LogP contribution in [0.5, 0.6) is 0 Å². The highest BCUT2D eigenvalue weighted by molar-refractivity contribution is 7.71. The lowest BCUT2D eigenvalue weighted by atomic mass is 9.95. The fourth-order valence-electron chi connectivity index (χ4n) is 3.45. The van der Waals surface area contributed by atoms with E-state index in [-0.39, 0.29) is 0 Å². The van der Waals surface area contributed by atoms with Crippen LogP contribution in [0.3, 0.4) is 0 Å². The van der Waals surface area contributed by atoms with E-state index in [4.69, 9.17) is 17.0 Å². The molecule has 0 atom stereocenters. The summed E-state index contributed by atoms with van der Waals surface area (Å²) in [6.45, 7) is 1.70. The zero-order chi connectivity index (χ0) is 13.9. The number of H-pyrrole nitrogens is 1. The van der Waals surface area contributed by atoms with Crippen LogP contribution >= 0.6 is 12.2 Å². The summed E-state index contributed by atoms with van der Waals surface area (Å²) in [6, 6.07) is 1.03. The Morgan fingerprint density at radius 1 is 1.20 bits per heavy atom. The molecular weight excluding hydrogens is 272 g/mol. The van der Waals surface area contributed by atoms with Gasteiger partial charge in [-0.1, -0.05) is 19.3 Å². The van der Waals surface area contributed by atoms with Crippen molar-refractivity contribution in [1.82, 2.24) is 14.8 Å². The summed E-state index contributed by atoms with van der Waals surface area (Å²) in [5.74, 6) is 1.01. The van der Waals surface area contributed by atoms with Gasteiger partial charge >= 0.3 is 0 Å². The molecule has 1 aliphatic carbocycles. The van der Waals surface area contributed by atoms with E-state index in [1.165, 1.54) is 32.1 Å². The Balaban J connectivity index is 1.83. The third kappa shape index (κ3) is 2.76. The first-order valence-corrected chi connectivity index (χ1v) is 8.15. The van der Waals surface area contributed by atoms with Gasteiger partial charge in [0.2, 0.25) is 5.95 Å². The van der Waals surface area contributed by atoms with E-state index in [0.29, 0.717) is 12.1 Å². The van der Waals surface area contributed by atoms with Crippen molar-refractivity contribution in [2.45, 2.75) is 57.0 Å². The van der Waals surface area contributed by atoms with E-state index in [2.05, 4.69) is 26.7 Å². The second-order valence-electron chi connectivity index (χ2n) is 5.95. The number of anilines is 1. The molecule has 112 valence electrons. The third-order valence-corrected chi connectivity index (χ3v) is 4.97. The Morgan fingerprint density at radius 2 is 1.90 bits per heavy atom. The molecule has 20 heavy (non-hydrogen) atoms. The summed E-state index contributed by atoms with van der Waals surface area (Å²) in [4.78, 5) is 2.30. The predicted octanol–water partition coefficient (Wildman–Crippen LogP) is 3.06. The second kappa shape index (κ2) is 6.26. The summed E-state index contributed by atoms with van der Waals surface area (Å²) in [6.07, 6.45) is 8.55. The van der Waals surface area contributed by atoms with Crippen molar-refractivity contribution >= 4 is 18.2 Å². The summed E-state index contributed by atoms with van der Waals surface area (Å²) in [5.41, 5.74) is 0. The molecule has 0 spiro atoms.